The molecule has 17 heavy (non-hydrogen) atoms. The number of carbonyl (C=O) groups is 1. The summed E-state index contributed by atoms with van der Waals surface area (Å²) in [4.78, 5) is 13.8. The smallest absolute Gasteiger partial charge is 0.274 e. The highest BCUT2D eigenvalue weighted by Crippen LogP contribution is 2.13. The van der Waals surface area contributed by atoms with Crippen molar-refractivity contribution in [2.45, 2.75) is 13.3 Å². The summed E-state index contributed by atoms with van der Waals surface area (Å²) in [5, 5.41) is 4.13. The molecule has 2 N–H and O–H groups in total. The summed E-state index contributed by atoms with van der Waals surface area (Å²) in [6.45, 7) is 3.83. The largest absolute Gasteiger partial charge is 0.481 e. The Balaban J connectivity index is 2.78. The van der Waals surface area contributed by atoms with E-state index in [0.29, 0.717) is 31.2 Å². The van der Waals surface area contributed by atoms with Gasteiger partial charge in [-0.15, -0.1) is 0 Å². The van der Waals surface area contributed by atoms with Gasteiger partial charge >= 0.3 is 0 Å². The molecule has 0 aliphatic heterocycles. The number of nitrogens with two attached hydrogens (primary N) is 1. The Morgan fingerprint density at radius 1 is 1.65 bits per heavy atom. The lowest BCUT2D eigenvalue weighted by molar-refractivity contribution is 0.0757. The van der Waals surface area contributed by atoms with E-state index in [9.17, 15) is 4.79 Å². The second-order valence-electron chi connectivity index (χ2n) is 3.72. The van der Waals surface area contributed by atoms with E-state index in [-0.39, 0.29) is 5.91 Å². The van der Waals surface area contributed by atoms with Crippen LogP contribution in [0.1, 0.15) is 23.8 Å². The highest BCUT2D eigenvalue weighted by Gasteiger charge is 2.18. The first-order valence-electron chi connectivity index (χ1n) is 5.71. The standard InChI is InChI=1S/C11H20N4O2/c1-4-15(7-5-6-12)11(16)9-8-10(17-3)14(2)13-9/h8H,4-7,12H2,1-3H3. The lowest BCUT2D eigenvalue weighted by Gasteiger charge is -2.18. The predicted molar refractivity (Wildman–Crippen MR) is 65.0 cm³/mol. The molecule has 6 nitrogen and oxygen atoms in total. The van der Waals surface area contributed by atoms with Crippen molar-refractivity contribution in [3.05, 3.63) is 11.8 Å². The van der Waals surface area contributed by atoms with Gasteiger partial charge in [-0.1, -0.05) is 0 Å². The fourth-order valence-electron chi connectivity index (χ4n) is 1.59. The van der Waals surface area contributed by atoms with Crippen LogP contribution in [0.15, 0.2) is 6.07 Å². The van der Waals surface area contributed by atoms with Gasteiger partial charge in [0.1, 0.15) is 0 Å². The van der Waals surface area contributed by atoms with Crippen LogP contribution in [0.2, 0.25) is 0 Å². The average Bonchev–Trinajstić information content (AvgIpc) is 2.71. The van der Waals surface area contributed by atoms with Crippen LogP contribution in [0.3, 0.4) is 0 Å². The SMILES string of the molecule is CCN(CCCN)C(=O)c1cc(OC)n(C)n1. The van der Waals surface area contributed by atoms with Gasteiger partial charge in [0, 0.05) is 26.2 Å². The van der Waals surface area contributed by atoms with Crippen LogP contribution in [0, 0.1) is 0 Å². The van der Waals surface area contributed by atoms with E-state index in [1.165, 1.54) is 0 Å². The number of carbonyl (C=O) groups excluding carboxylic acids is 1. The van der Waals surface area contributed by atoms with Crippen molar-refractivity contribution < 1.29 is 9.53 Å². The fraction of sp³-hybridized carbons (Fsp3) is 0.636. The van der Waals surface area contributed by atoms with Crippen LogP contribution >= 0.6 is 0 Å². The summed E-state index contributed by atoms with van der Waals surface area (Å²) in [5.41, 5.74) is 5.85. The van der Waals surface area contributed by atoms with Crippen LogP contribution in [0.4, 0.5) is 0 Å². The molecular weight excluding hydrogens is 220 g/mol. The zero-order valence-electron chi connectivity index (χ0n) is 10.6. The first-order chi connectivity index (χ1) is 8.13. The number of ether oxygens (including phenoxy) is 1. The molecule has 0 aliphatic carbocycles. The van der Waals surface area contributed by atoms with Crippen molar-refractivity contribution in [2.24, 2.45) is 12.8 Å². The van der Waals surface area contributed by atoms with E-state index in [0.717, 1.165) is 6.42 Å². The number of methoxy groups -OCH3 is 1. The zero-order chi connectivity index (χ0) is 12.8. The van der Waals surface area contributed by atoms with Gasteiger partial charge in [0.15, 0.2) is 5.69 Å². The van der Waals surface area contributed by atoms with Gasteiger partial charge < -0.3 is 15.4 Å². The Morgan fingerprint density at radius 3 is 2.82 bits per heavy atom. The van der Waals surface area contributed by atoms with Crippen LogP contribution in [0.5, 0.6) is 5.88 Å². The van der Waals surface area contributed by atoms with Gasteiger partial charge in [0.05, 0.1) is 7.11 Å². The summed E-state index contributed by atoms with van der Waals surface area (Å²) in [6, 6.07) is 1.65. The van der Waals surface area contributed by atoms with E-state index in [1.54, 1.807) is 29.8 Å². The van der Waals surface area contributed by atoms with E-state index >= 15 is 0 Å². The molecule has 0 aromatic carbocycles. The van der Waals surface area contributed by atoms with Crippen LogP contribution < -0.4 is 10.5 Å². The molecule has 96 valence electrons. The van der Waals surface area contributed by atoms with E-state index in [2.05, 4.69) is 5.10 Å². The summed E-state index contributed by atoms with van der Waals surface area (Å²) in [5.74, 6) is 0.489. The molecule has 0 fully saturated rings. The predicted octanol–water partition coefficient (Wildman–Crippen LogP) is 0.240. The van der Waals surface area contributed by atoms with Gasteiger partial charge in [-0.2, -0.15) is 5.10 Å². The summed E-state index contributed by atoms with van der Waals surface area (Å²) < 4.78 is 6.63. The number of nitrogens with zero attached hydrogens (tertiary/aromatic N) is 3. The third-order valence-electron chi connectivity index (χ3n) is 2.57. The maximum atomic E-state index is 12.1. The molecule has 0 spiro atoms. The second kappa shape index (κ2) is 6.24. The number of hydrogen-bond donors (Lipinski definition) is 1. The van der Waals surface area contributed by atoms with Crippen LogP contribution in [-0.2, 0) is 7.05 Å². The minimum Gasteiger partial charge on any atom is -0.481 e. The Morgan fingerprint density at radius 2 is 2.35 bits per heavy atom. The summed E-state index contributed by atoms with van der Waals surface area (Å²) in [6.07, 6.45) is 0.795. The van der Waals surface area contributed by atoms with Gasteiger partial charge in [0.25, 0.3) is 5.91 Å². The first kappa shape index (κ1) is 13.5. The van der Waals surface area contributed by atoms with Crippen molar-refractivity contribution in [3.63, 3.8) is 0 Å². The molecule has 0 aliphatic rings. The molecule has 1 heterocycles. The zero-order valence-corrected chi connectivity index (χ0v) is 10.6. The van der Waals surface area contributed by atoms with E-state index in [4.69, 9.17) is 10.5 Å². The quantitative estimate of drug-likeness (QED) is 0.773. The molecule has 0 radical (unpaired) electrons. The lowest BCUT2D eigenvalue weighted by Crippen LogP contribution is -2.33. The summed E-state index contributed by atoms with van der Waals surface area (Å²) >= 11 is 0. The van der Waals surface area contributed by atoms with Crippen LogP contribution in [0.25, 0.3) is 0 Å². The Labute approximate surface area is 101 Å². The van der Waals surface area contributed by atoms with Crippen molar-refractivity contribution in [1.82, 2.24) is 14.7 Å². The van der Waals surface area contributed by atoms with Crippen LogP contribution in [-0.4, -0.2) is 47.3 Å². The van der Waals surface area contributed by atoms with Gasteiger partial charge in [-0.05, 0) is 19.9 Å². The number of rotatable bonds is 6. The van der Waals surface area contributed by atoms with Crippen molar-refractivity contribution in [2.75, 3.05) is 26.7 Å². The maximum Gasteiger partial charge on any atom is 0.274 e. The Bertz CT molecular complexity index is 376. The molecule has 0 saturated heterocycles. The highest BCUT2D eigenvalue weighted by molar-refractivity contribution is 5.92. The molecular formula is C11H20N4O2. The number of hydrogen-bond acceptors (Lipinski definition) is 4. The molecule has 1 rings (SSSR count). The molecule has 0 unspecified atom stereocenters. The molecule has 0 bridgehead atoms. The minimum absolute atomic E-state index is 0.0835. The van der Waals surface area contributed by atoms with Gasteiger partial charge in [-0.25, -0.2) is 4.68 Å². The molecule has 0 atom stereocenters. The van der Waals surface area contributed by atoms with Gasteiger partial charge in [0.2, 0.25) is 5.88 Å². The minimum atomic E-state index is -0.0835. The number of aromatic nitrogens is 2. The first-order valence-corrected chi connectivity index (χ1v) is 5.71. The normalized spacial score (nSPS) is 10.4. The number of aryl methyl sites for hydroxylation is 1. The Hall–Kier alpha value is -1.56. The topological polar surface area (TPSA) is 73.4 Å². The monoisotopic (exact) mass is 240 g/mol. The lowest BCUT2D eigenvalue weighted by atomic mass is 10.3. The maximum absolute atomic E-state index is 12.1. The fourth-order valence-corrected chi connectivity index (χ4v) is 1.59. The summed E-state index contributed by atoms with van der Waals surface area (Å²) in [7, 11) is 3.29. The van der Waals surface area contributed by atoms with Crippen molar-refractivity contribution in [1.29, 1.82) is 0 Å². The third-order valence-corrected chi connectivity index (χ3v) is 2.57. The third kappa shape index (κ3) is 3.20. The molecule has 1 amide bonds. The Kier molecular flexibility index (Phi) is 4.96. The van der Waals surface area contributed by atoms with Crippen molar-refractivity contribution >= 4 is 5.91 Å². The second-order valence-corrected chi connectivity index (χ2v) is 3.72. The molecule has 1 aromatic rings. The van der Waals surface area contributed by atoms with Gasteiger partial charge in [-0.3, -0.25) is 4.79 Å². The molecule has 6 heteroatoms. The molecule has 0 saturated carbocycles. The van der Waals surface area contributed by atoms with Crippen molar-refractivity contribution in [3.8, 4) is 5.88 Å². The average molecular weight is 240 g/mol. The molecule has 1 aromatic heterocycles. The number of amides is 1. The van der Waals surface area contributed by atoms with E-state index in [1.807, 2.05) is 6.92 Å². The highest BCUT2D eigenvalue weighted by atomic mass is 16.5. The van der Waals surface area contributed by atoms with E-state index < -0.39 is 0 Å².